The highest BCUT2D eigenvalue weighted by Crippen LogP contribution is 2.11. The molecular weight excluding hydrogens is 220 g/mol. The molecular formula is C17H32O. The van der Waals surface area contributed by atoms with Crippen molar-refractivity contribution in [3.05, 3.63) is 12.2 Å². The lowest BCUT2D eigenvalue weighted by Crippen LogP contribution is -1.92. The van der Waals surface area contributed by atoms with E-state index < -0.39 is 0 Å². The summed E-state index contributed by atoms with van der Waals surface area (Å²) in [5.74, 6) is 0.302. The molecule has 0 unspecified atom stereocenters. The van der Waals surface area contributed by atoms with E-state index in [1.807, 2.05) is 6.08 Å². The van der Waals surface area contributed by atoms with Crippen molar-refractivity contribution in [3.63, 3.8) is 0 Å². The largest absolute Gasteiger partial charge is 0.295 e. The Bertz CT molecular complexity index is 206. The predicted molar refractivity (Wildman–Crippen MR) is 80.9 cm³/mol. The molecule has 0 radical (unpaired) electrons. The first kappa shape index (κ1) is 17.4. The zero-order chi connectivity index (χ0) is 13.5. The smallest absolute Gasteiger partial charge is 0.155 e. The van der Waals surface area contributed by atoms with E-state index in [2.05, 4.69) is 13.8 Å². The number of ketones is 1. The summed E-state index contributed by atoms with van der Waals surface area (Å²) in [5, 5.41) is 0. The Kier molecular flexibility index (Phi) is 14.0. The third-order valence-corrected chi connectivity index (χ3v) is 3.32. The van der Waals surface area contributed by atoms with Gasteiger partial charge in [-0.15, -0.1) is 0 Å². The van der Waals surface area contributed by atoms with E-state index in [0.29, 0.717) is 5.78 Å². The molecule has 0 N–H and O–H groups in total. The van der Waals surface area contributed by atoms with Crippen LogP contribution in [0.25, 0.3) is 0 Å². The first-order valence-corrected chi connectivity index (χ1v) is 8.00. The quantitative estimate of drug-likeness (QED) is 0.297. The molecule has 0 rings (SSSR count). The fourth-order valence-corrected chi connectivity index (χ4v) is 2.12. The van der Waals surface area contributed by atoms with Crippen LogP contribution < -0.4 is 0 Å². The molecule has 0 heterocycles. The average Bonchev–Trinajstić information content (AvgIpc) is 2.38. The second-order valence-electron chi connectivity index (χ2n) is 5.21. The maximum absolute atomic E-state index is 11.4. The number of rotatable bonds is 13. The normalized spacial score (nSPS) is 11.2. The lowest BCUT2D eigenvalue weighted by Gasteiger charge is -2.01. The monoisotopic (exact) mass is 252 g/mol. The van der Waals surface area contributed by atoms with E-state index in [1.54, 1.807) is 6.08 Å². The van der Waals surface area contributed by atoms with Crippen LogP contribution >= 0.6 is 0 Å². The van der Waals surface area contributed by atoms with Crippen molar-refractivity contribution in [2.45, 2.75) is 90.9 Å². The van der Waals surface area contributed by atoms with Crippen LogP contribution in [0.2, 0.25) is 0 Å². The molecule has 0 amide bonds. The molecule has 0 aliphatic carbocycles. The van der Waals surface area contributed by atoms with Crippen LogP contribution in [0.1, 0.15) is 90.9 Å². The van der Waals surface area contributed by atoms with Crippen LogP contribution in [0.15, 0.2) is 12.2 Å². The summed E-state index contributed by atoms with van der Waals surface area (Å²) >= 11 is 0. The molecule has 0 atom stereocenters. The summed E-state index contributed by atoms with van der Waals surface area (Å²) in [6, 6.07) is 0. The van der Waals surface area contributed by atoms with E-state index in [9.17, 15) is 4.79 Å². The van der Waals surface area contributed by atoms with Gasteiger partial charge in [0.1, 0.15) is 0 Å². The lowest BCUT2D eigenvalue weighted by atomic mass is 10.0. The SMILES string of the molecule is CC/C=C/C(=O)CCCCCCCCCCCC. The molecule has 18 heavy (non-hydrogen) atoms. The van der Waals surface area contributed by atoms with Crippen LogP contribution in [-0.2, 0) is 4.79 Å². The second-order valence-corrected chi connectivity index (χ2v) is 5.21. The third kappa shape index (κ3) is 13.5. The van der Waals surface area contributed by atoms with Crippen molar-refractivity contribution in [3.8, 4) is 0 Å². The van der Waals surface area contributed by atoms with Crippen molar-refractivity contribution in [1.82, 2.24) is 0 Å². The minimum atomic E-state index is 0.302. The van der Waals surface area contributed by atoms with Gasteiger partial charge in [-0.3, -0.25) is 4.79 Å². The van der Waals surface area contributed by atoms with Gasteiger partial charge in [0, 0.05) is 6.42 Å². The fourth-order valence-electron chi connectivity index (χ4n) is 2.12. The topological polar surface area (TPSA) is 17.1 Å². The number of unbranched alkanes of at least 4 members (excludes halogenated alkanes) is 9. The molecule has 0 fully saturated rings. The van der Waals surface area contributed by atoms with Crippen molar-refractivity contribution in [2.75, 3.05) is 0 Å². The van der Waals surface area contributed by atoms with Gasteiger partial charge in [0.05, 0.1) is 0 Å². The highest BCUT2D eigenvalue weighted by molar-refractivity contribution is 5.89. The summed E-state index contributed by atoms with van der Waals surface area (Å²) in [5.41, 5.74) is 0. The molecule has 0 aromatic heterocycles. The Morgan fingerprint density at radius 1 is 0.778 bits per heavy atom. The van der Waals surface area contributed by atoms with Gasteiger partial charge in [-0.25, -0.2) is 0 Å². The van der Waals surface area contributed by atoms with E-state index >= 15 is 0 Å². The van der Waals surface area contributed by atoms with Crippen molar-refractivity contribution < 1.29 is 4.79 Å². The molecule has 0 aromatic rings. The van der Waals surface area contributed by atoms with Crippen LogP contribution in [-0.4, -0.2) is 5.78 Å². The van der Waals surface area contributed by atoms with Gasteiger partial charge < -0.3 is 0 Å². The van der Waals surface area contributed by atoms with Gasteiger partial charge in [0.15, 0.2) is 5.78 Å². The van der Waals surface area contributed by atoms with Gasteiger partial charge >= 0.3 is 0 Å². The van der Waals surface area contributed by atoms with E-state index in [4.69, 9.17) is 0 Å². The Hall–Kier alpha value is -0.590. The number of hydrogen-bond donors (Lipinski definition) is 0. The van der Waals surface area contributed by atoms with Gasteiger partial charge in [0.25, 0.3) is 0 Å². The Morgan fingerprint density at radius 2 is 1.28 bits per heavy atom. The van der Waals surface area contributed by atoms with E-state index in [0.717, 1.165) is 19.3 Å². The number of hydrogen-bond acceptors (Lipinski definition) is 1. The number of allylic oxidation sites excluding steroid dienone is 2. The highest BCUT2D eigenvalue weighted by atomic mass is 16.1. The Balaban J connectivity index is 3.11. The van der Waals surface area contributed by atoms with E-state index in [1.165, 1.54) is 57.8 Å². The summed E-state index contributed by atoms with van der Waals surface area (Å²) in [4.78, 5) is 11.4. The number of carbonyl (C=O) groups excluding carboxylic acids is 1. The molecule has 0 aliphatic rings. The molecule has 0 aliphatic heterocycles. The lowest BCUT2D eigenvalue weighted by molar-refractivity contribution is -0.114. The standard InChI is InChI=1S/C17H32O/c1-3-5-7-8-9-10-11-12-13-14-16-17(18)15-6-4-2/h6,15H,3-5,7-14,16H2,1-2H3/b15-6+. The number of carbonyl (C=O) groups is 1. The van der Waals surface area contributed by atoms with Crippen molar-refractivity contribution in [1.29, 1.82) is 0 Å². The zero-order valence-electron chi connectivity index (χ0n) is 12.5. The summed E-state index contributed by atoms with van der Waals surface area (Å²) in [6.07, 6.45) is 18.7. The minimum absolute atomic E-state index is 0.302. The van der Waals surface area contributed by atoms with Crippen LogP contribution in [0.4, 0.5) is 0 Å². The molecule has 0 saturated heterocycles. The molecule has 0 aromatic carbocycles. The maximum atomic E-state index is 11.4. The van der Waals surface area contributed by atoms with Gasteiger partial charge in [0.2, 0.25) is 0 Å². The van der Waals surface area contributed by atoms with Gasteiger partial charge in [-0.1, -0.05) is 77.7 Å². The van der Waals surface area contributed by atoms with Crippen LogP contribution in [0.5, 0.6) is 0 Å². The van der Waals surface area contributed by atoms with Gasteiger partial charge in [-0.05, 0) is 18.9 Å². The molecule has 106 valence electrons. The Labute approximate surface area is 114 Å². The molecule has 0 bridgehead atoms. The average molecular weight is 252 g/mol. The first-order valence-electron chi connectivity index (χ1n) is 8.00. The second kappa shape index (κ2) is 14.5. The molecule has 1 nitrogen and oxygen atoms in total. The van der Waals surface area contributed by atoms with Gasteiger partial charge in [-0.2, -0.15) is 0 Å². The van der Waals surface area contributed by atoms with E-state index in [-0.39, 0.29) is 0 Å². The van der Waals surface area contributed by atoms with Crippen molar-refractivity contribution >= 4 is 5.78 Å². The zero-order valence-corrected chi connectivity index (χ0v) is 12.5. The highest BCUT2D eigenvalue weighted by Gasteiger charge is 1.96. The van der Waals surface area contributed by atoms with Crippen molar-refractivity contribution in [2.24, 2.45) is 0 Å². The maximum Gasteiger partial charge on any atom is 0.155 e. The minimum Gasteiger partial charge on any atom is -0.295 e. The third-order valence-electron chi connectivity index (χ3n) is 3.32. The van der Waals surface area contributed by atoms with Crippen LogP contribution in [0, 0.1) is 0 Å². The summed E-state index contributed by atoms with van der Waals surface area (Å²) < 4.78 is 0. The summed E-state index contributed by atoms with van der Waals surface area (Å²) in [7, 11) is 0. The first-order chi connectivity index (χ1) is 8.81. The molecule has 0 spiro atoms. The molecule has 1 heteroatoms. The fraction of sp³-hybridized carbons (Fsp3) is 0.824. The summed E-state index contributed by atoms with van der Waals surface area (Å²) in [6.45, 7) is 4.32. The van der Waals surface area contributed by atoms with Crippen LogP contribution in [0.3, 0.4) is 0 Å². The predicted octanol–water partition coefficient (Wildman–Crippen LogP) is 5.83. The Morgan fingerprint density at radius 3 is 1.78 bits per heavy atom. The molecule has 0 saturated carbocycles.